The number of hydrazine groups is 1. The van der Waals surface area contributed by atoms with Crippen molar-refractivity contribution in [2.75, 3.05) is 0 Å². The Balaban J connectivity index is 2.36. The molecule has 0 spiro atoms. The molecular formula is C13H19ClN6. The second kappa shape index (κ2) is 5.87. The van der Waals surface area contributed by atoms with Crippen LogP contribution in [0.4, 0.5) is 0 Å². The van der Waals surface area contributed by atoms with E-state index in [1.807, 2.05) is 33.9 Å². The molecule has 2 aromatic heterocycles. The van der Waals surface area contributed by atoms with Crippen LogP contribution in [0.15, 0.2) is 6.07 Å². The molecule has 0 saturated carbocycles. The van der Waals surface area contributed by atoms with Crippen LogP contribution in [0.2, 0.25) is 5.15 Å². The van der Waals surface area contributed by atoms with Gasteiger partial charge in [0.2, 0.25) is 0 Å². The van der Waals surface area contributed by atoms with E-state index in [1.54, 1.807) is 4.68 Å². The molecule has 108 valence electrons. The first-order valence-corrected chi connectivity index (χ1v) is 6.76. The van der Waals surface area contributed by atoms with Crippen LogP contribution in [0, 0.1) is 20.8 Å². The van der Waals surface area contributed by atoms with Gasteiger partial charge in [0.25, 0.3) is 0 Å². The molecule has 20 heavy (non-hydrogen) atoms. The van der Waals surface area contributed by atoms with Gasteiger partial charge in [-0.2, -0.15) is 15.3 Å². The standard InChI is InChI=1S/C13H19ClN6/c1-7-5-10(8(2)18-17-7)12(16-15)6-11-9(3)19-20(4)13(11)14/h5,12,16H,6,15H2,1-4H3. The first kappa shape index (κ1) is 14.9. The van der Waals surface area contributed by atoms with E-state index < -0.39 is 0 Å². The fourth-order valence-corrected chi connectivity index (χ4v) is 2.54. The fraction of sp³-hybridized carbons (Fsp3) is 0.462. The minimum Gasteiger partial charge on any atom is -0.271 e. The van der Waals surface area contributed by atoms with E-state index in [0.717, 1.165) is 28.2 Å². The Kier molecular flexibility index (Phi) is 4.37. The van der Waals surface area contributed by atoms with Crippen molar-refractivity contribution in [2.24, 2.45) is 12.9 Å². The molecule has 0 aliphatic rings. The van der Waals surface area contributed by atoms with Crippen LogP contribution < -0.4 is 11.3 Å². The molecule has 1 unspecified atom stereocenters. The summed E-state index contributed by atoms with van der Waals surface area (Å²) in [4.78, 5) is 0. The van der Waals surface area contributed by atoms with Crippen LogP contribution in [-0.4, -0.2) is 20.0 Å². The highest BCUT2D eigenvalue weighted by atomic mass is 35.5. The maximum atomic E-state index is 6.28. The molecule has 3 N–H and O–H groups in total. The highest BCUT2D eigenvalue weighted by Crippen LogP contribution is 2.26. The van der Waals surface area contributed by atoms with Gasteiger partial charge in [-0.1, -0.05) is 11.6 Å². The molecule has 2 heterocycles. The quantitative estimate of drug-likeness (QED) is 0.660. The van der Waals surface area contributed by atoms with E-state index in [2.05, 4.69) is 20.7 Å². The summed E-state index contributed by atoms with van der Waals surface area (Å²) in [6, 6.07) is 1.91. The topological polar surface area (TPSA) is 81.7 Å². The molecule has 2 rings (SSSR count). The Bertz CT molecular complexity index is 622. The number of hydrogen-bond donors (Lipinski definition) is 2. The van der Waals surface area contributed by atoms with Crippen LogP contribution in [-0.2, 0) is 13.5 Å². The maximum absolute atomic E-state index is 6.28. The van der Waals surface area contributed by atoms with Gasteiger partial charge in [0.15, 0.2) is 0 Å². The maximum Gasteiger partial charge on any atom is 0.130 e. The van der Waals surface area contributed by atoms with Gasteiger partial charge < -0.3 is 0 Å². The molecule has 0 radical (unpaired) electrons. The van der Waals surface area contributed by atoms with Gasteiger partial charge >= 0.3 is 0 Å². The van der Waals surface area contributed by atoms with E-state index in [0.29, 0.717) is 11.6 Å². The normalized spacial score (nSPS) is 12.7. The Morgan fingerprint density at radius 1 is 1.30 bits per heavy atom. The number of rotatable bonds is 4. The lowest BCUT2D eigenvalue weighted by Crippen LogP contribution is -2.30. The van der Waals surface area contributed by atoms with Crippen molar-refractivity contribution in [1.82, 2.24) is 25.4 Å². The second-order valence-corrected chi connectivity index (χ2v) is 5.29. The summed E-state index contributed by atoms with van der Waals surface area (Å²) >= 11 is 6.28. The first-order chi connectivity index (χ1) is 9.43. The lowest BCUT2D eigenvalue weighted by atomic mass is 9.99. The average Bonchev–Trinajstić information content (AvgIpc) is 2.65. The molecule has 7 heteroatoms. The Morgan fingerprint density at radius 3 is 2.55 bits per heavy atom. The Labute approximate surface area is 123 Å². The van der Waals surface area contributed by atoms with Crippen molar-refractivity contribution in [3.63, 3.8) is 0 Å². The number of aryl methyl sites for hydroxylation is 4. The zero-order valence-electron chi connectivity index (χ0n) is 12.1. The number of nitrogens with zero attached hydrogens (tertiary/aromatic N) is 4. The van der Waals surface area contributed by atoms with Gasteiger partial charge in [-0.15, -0.1) is 0 Å². The van der Waals surface area contributed by atoms with Crippen LogP contribution in [0.5, 0.6) is 0 Å². The number of nitrogens with one attached hydrogen (secondary N) is 1. The molecule has 0 aliphatic heterocycles. The Hall–Kier alpha value is -1.50. The molecule has 0 aliphatic carbocycles. The van der Waals surface area contributed by atoms with E-state index in [1.165, 1.54) is 0 Å². The van der Waals surface area contributed by atoms with Crippen LogP contribution in [0.1, 0.15) is 34.3 Å². The lowest BCUT2D eigenvalue weighted by Gasteiger charge is -2.18. The summed E-state index contributed by atoms with van der Waals surface area (Å²) in [5.41, 5.74) is 7.48. The predicted octanol–water partition coefficient (Wildman–Crippen LogP) is 1.54. The Morgan fingerprint density at radius 2 is 2.00 bits per heavy atom. The van der Waals surface area contributed by atoms with E-state index >= 15 is 0 Å². The molecule has 1 atom stereocenters. The third-order valence-corrected chi connectivity index (χ3v) is 3.87. The second-order valence-electron chi connectivity index (χ2n) is 4.93. The largest absolute Gasteiger partial charge is 0.271 e. The average molecular weight is 295 g/mol. The van der Waals surface area contributed by atoms with Crippen molar-refractivity contribution in [2.45, 2.75) is 33.2 Å². The molecule has 0 bridgehead atoms. The third-order valence-electron chi connectivity index (χ3n) is 3.39. The van der Waals surface area contributed by atoms with Gasteiger partial charge in [-0.3, -0.25) is 16.0 Å². The summed E-state index contributed by atoms with van der Waals surface area (Å²) in [5, 5.41) is 13.1. The molecule has 0 fully saturated rings. The van der Waals surface area contributed by atoms with Crippen LogP contribution >= 0.6 is 11.6 Å². The third kappa shape index (κ3) is 2.82. The van der Waals surface area contributed by atoms with Crippen molar-refractivity contribution in [3.8, 4) is 0 Å². The molecule has 0 saturated heterocycles. The predicted molar refractivity (Wildman–Crippen MR) is 78.2 cm³/mol. The summed E-state index contributed by atoms with van der Waals surface area (Å²) in [5.74, 6) is 5.71. The smallest absolute Gasteiger partial charge is 0.130 e. The van der Waals surface area contributed by atoms with Gasteiger partial charge in [0.05, 0.1) is 23.1 Å². The lowest BCUT2D eigenvalue weighted by molar-refractivity contribution is 0.543. The molecule has 6 nitrogen and oxygen atoms in total. The van der Waals surface area contributed by atoms with Crippen molar-refractivity contribution in [1.29, 1.82) is 0 Å². The van der Waals surface area contributed by atoms with Gasteiger partial charge in [-0.25, -0.2) is 0 Å². The van der Waals surface area contributed by atoms with Crippen molar-refractivity contribution >= 4 is 11.6 Å². The van der Waals surface area contributed by atoms with E-state index in [9.17, 15) is 0 Å². The molecule has 0 amide bonds. The summed E-state index contributed by atoms with van der Waals surface area (Å²) in [7, 11) is 1.83. The zero-order valence-corrected chi connectivity index (χ0v) is 12.9. The number of nitrogens with two attached hydrogens (primary N) is 1. The van der Waals surface area contributed by atoms with Crippen molar-refractivity contribution < 1.29 is 0 Å². The number of halogens is 1. The fourth-order valence-electron chi connectivity index (χ4n) is 2.29. The van der Waals surface area contributed by atoms with Gasteiger partial charge in [-0.05, 0) is 38.8 Å². The zero-order chi connectivity index (χ0) is 14.9. The first-order valence-electron chi connectivity index (χ1n) is 6.39. The highest BCUT2D eigenvalue weighted by Gasteiger charge is 2.20. The number of aromatic nitrogens is 4. The van der Waals surface area contributed by atoms with Crippen LogP contribution in [0.25, 0.3) is 0 Å². The SMILES string of the molecule is Cc1cc(C(Cc2c(C)nn(C)c2Cl)NN)c(C)nn1. The van der Waals surface area contributed by atoms with E-state index in [-0.39, 0.29) is 6.04 Å². The minimum atomic E-state index is -0.0791. The van der Waals surface area contributed by atoms with Gasteiger partial charge in [0.1, 0.15) is 5.15 Å². The molecular weight excluding hydrogens is 276 g/mol. The summed E-state index contributed by atoms with van der Waals surface area (Å²) in [6.07, 6.45) is 0.654. The number of hydrogen-bond acceptors (Lipinski definition) is 5. The van der Waals surface area contributed by atoms with Crippen LogP contribution in [0.3, 0.4) is 0 Å². The van der Waals surface area contributed by atoms with E-state index in [4.69, 9.17) is 17.4 Å². The minimum absolute atomic E-state index is 0.0791. The van der Waals surface area contributed by atoms with Crippen molar-refractivity contribution in [3.05, 3.63) is 39.4 Å². The van der Waals surface area contributed by atoms with Gasteiger partial charge in [0, 0.05) is 12.6 Å². The monoisotopic (exact) mass is 294 g/mol. The highest BCUT2D eigenvalue weighted by molar-refractivity contribution is 6.30. The summed E-state index contributed by atoms with van der Waals surface area (Å²) in [6.45, 7) is 5.77. The summed E-state index contributed by atoms with van der Waals surface area (Å²) < 4.78 is 1.67. The molecule has 0 aromatic carbocycles. The molecule has 2 aromatic rings.